The second-order valence-electron chi connectivity index (χ2n) is 15.7. The van der Waals surface area contributed by atoms with Gasteiger partial charge in [-0.1, -0.05) is 61.8 Å². The highest BCUT2D eigenvalue weighted by Gasteiger charge is 2.34. The van der Waals surface area contributed by atoms with Crippen LogP contribution in [0.1, 0.15) is 101 Å². The zero-order valence-electron chi connectivity index (χ0n) is 35.8. The summed E-state index contributed by atoms with van der Waals surface area (Å²) in [5, 5.41) is 29.8. The van der Waals surface area contributed by atoms with E-state index >= 15 is 0 Å². The van der Waals surface area contributed by atoms with Gasteiger partial charge >= 0.3 is 5.97 Å². The number of aliphatic carboxylic acids is 1. The van der Waals surface area contributed by atoms with Crippen molar-refractivity contribution >= 4 is 53.2 Å². The first-order valence-corrected chi connectivity index (χ1v) is 20.0. The average Bonchev–Trinajstić information content (AvgIpc) is 3.14. The van der Waals surface area contributed by atoms with E-state index in [1.165, 1.54) is 13.8 Å². The van der Waals surface area contributed by atoms with Crippen molar-refractivity contribution in [1.82, 2.24) is 42.5 Å². The van der Waals surface area contributed by atoms with Crippen molar-refractivity contribution in [2.45, 2.75) is 144 Å². The third kappa shape index (κ3) is 19.5. The lowest BCUT2D eigenvalue weighted by Crippen LogP contribution is -2.60. The predicted molar refractivity (Wildman–Crippen MR) is 216 cm³/mol. The lowest BCUT2D eigenvalue weighted by molar-refractivity contribution is -0.143. The minimum absolute atomic E-state index is 0.0277. The monoisotopic (exact) mass is 827 g/mol. The lowest BCUT2D eigenvalue weighted by Gasteiger charge is -2.29. The van der Waals surface area contributed by atoms with Crippen LogP contribution in [0.5, 0.6) is 0 Å². The van der Waals surface area contributed by atoms with Crippen molar-refractivity contribution in [2.24, 2.45) is 35.1 Å². The average molecular weight is 827 g/mol. The molecular formula is C38H70N10O10. The number of carboxylic acid groups (broad SMARTS) is 1. The zero-order chi connectivity index (χ0) is 44.9. The maximum atomic E-state index is 13.5. The number of hydrogen-bond acceptors (Lipinski definition) is 11. The summed E-state index contributed by atoms with van der Waals surface area (Å²) in [5.74, 6) is -7.86. The molecule has 332 valence electrons. The van der Waals surface area contributed by atoms with Crippen LogP contribution in [0.15, 0.2) is 0 Å². The number of hydrogen-bond donors (Lipinski definition) is 11. The fraction of sp³-hybridized carbons (Fsp3) is 0.763. The van der Waals surface area contributed by atoms with Crippen molar-refractivity contribution in [1.29, 1.82) is 0 Å². The quantitative estimate of drug-likeness (QED) is 0.0406. The Bertz CT molecular complexity index is 1410. The molecule has 0 aliphatic carbocycles. The predicted octanol–water partition coefficient (Wildman–Crippen LogP) is -1.89. The van der Waals surface area contributed by atoms with E-state index in [0.717, 1.165) is 0 Å². The van der Waals surface area contributed by atoms with Gasteiger partial charge in [0.2, 0.25) is 47.3 Å². The number of amides is 8. The van der Waals surface area contributed by atoms with Crippen molar-refractivity contribution in [3.8, 4) is 0 Å². The standard InChI is InChI=1S/C38H70N10O10/c1-11-22(8)31(37(56)43-24(10)33(52)47-30(21(6)7)38(57)58)48-36(55)29(20(4)5)46-28(50)18-41-32(51)23(9)42-34(53)25(14-12-13-15-39)45-35(54)26(16-19(2)3)44-27(49)17-40/h19-26,29-31H,11-18,39-40H2,1-10H3,(H,41,51)(H,42,53)(H,43,56)(H,44,49)(H,45,54)(H,46,50)(H,47,52)(H,48,55)(H,57,58)/t22-,23-,24-,25-,26-,29-,30-,31-/m0/s1. The third-order valence-electron chi connectivity index (χ3n) is 9.34. The molecular weight excluding hydrogens is 756 g/mol. The van der Waals surface area contributed by atoms with Gasteiger partial charge in [-0.15, -0.1) is 0 Å². The largest absolute Gasteiger partial charge is 0.480 e. The number of carbonyl (C=O) groups is 9. The molecule has 0 saturated carbocycles. The van der Waals surface area contributed by atoms with Gasteiger partial charge in [0.1, 0.15) is 42.3 Å². The molecule has 0 bridgehead atoms. The van der Waals surface area contributed by atoms with Gasteiger partial charge in [0.25, 0.3) is 0 Å². The number of unbranched alkanes of at least 4 members (excludes halogenated alkanes) is 1. The SMILES string of the molecule is CC[C@H](C)[C@H](NC(=O)[C@@H](NC(=O)CNC(=O)[C@H](C)NC(=O)[C@H](CCCCN)NC(=O)[C@H](CC(C)C)NC(=O)CN)C(C)C)C(=O)N[C@@H](C)C(=O)N[C@H](C(=O)O)C(C)C. The Hall–Kier alpha value is -4.85. The Labute approximate surface area is 342 Å². The van der Waals surface area contributed by atoms with Crippen LogP contribution in [0.4, 0.5) is 0 Å². The van der Waals surface area contributed by atoms with Crippen LogP contribution >= 0.6 is 0 Å². The second kappa shape index (κ2) is 27.0. The van der Waals surface area contributed by atoms with Crippen LogP contribution < -0.4 is 54.0 Å². The van der Waals surface area contributed by atoms with Gasteiger partial charge in [-0.3, -0.25) is 38.4 Å². The molecule has 8 amide bonds. The van der Waals surface area contributed by atoms with E-state index in [0.29, 0.717) is 32.2 Å². The van der Waals surface area contributed by atoms with Gasteiger partial charge in [-0.2, -0.15) is 0 Å². The highest BCUT2D eigenvalue weighted by Crippen LogP contribution is 2.12. The molecule has 0 heterocycles. The van der Waals surface area contributed by atoms with Gasteiger partial charge in [0.05, 0.1) is 13.1 Å². The summed E-state index contributed by atoms with van der Waals surface area (Å²) < 4.78 is 0. The Balaban J connectivity index is 5.61. The second-order valence-corrected chi connectivity index (χ2v) is 15.7. The van der Waals surface area contributed by atoms with Gasteiger partial charge in [0, 0.05) is 0 Å². The number of rotatable bonds is 27. The lowest BCUT2D eigenvalue weighted by atomic mass is 9.96. The summed E-state index contributed by atoms with van der Waals surface area (Å²) in [4.78, 5) is 115. The molecule has 20 nitrogen and oxygen atoms in total. The summed E-state index contributed by atoms with van der Waals surface area (Å²) in [5.41, 5.74) is 11.0. The van der Waals surface area contributed by atoms with Crippen molar-refractivity contribution in [3.05, 3.63) is 0 Å². The molecule has 0 unspecified atom stereocenters. The maximum Gasteiger partial charge on any atom is 0.326 e. The highest BCUT2D eigenvalue weighted by molar-refractivity contribution is 5.97. The molecule has 8 atom stereocenters. The van der Waals surface area contributed by atoms with E-state index < -0.39 is 120 Å². The summed E-state index contributed by atoms with van der Waals surface area (Å²) in [6.45, 7) is 16.1. The first-order chi connectivity index (χ1) is 27.0. The van der Waals surface area contributed by atoms with Gasteiger partial charge in [-0.25, -0.2) is 4.79 Å². The Morgan fingerprint density at radius 3 is 1.55 bits per heavy atom. The van der Waals surface area contributed by atoms with Crippen LogP contribution in [0, 0.1) is 23.7 Å². The van der Waals surface area contributed by atoms with Crippen molar-refractivity contribution < 1.29 is 48.3 Å². The number of nitrogens with one attached hydrogen (secondary N) is 8. The molecule has 0 fully saturated rings. The zero-order valence-corrected chi connectivity index (χ0v) is 35.8. The number of carbonyl (C=O) groups excluding carboxylic acids is 8. The number of nitrogens with two attached hydrogens (primary N) is 2. The van der Waals surface area contributed by atoms with Gasteiger partial charge < -0.3 is 59.1 Å². The van der Waals surface area contributed by atoms with E-state index in [4.69, 9.17) is 11.5 Å². The summed E-state index contributed by atoms with van der Waals surface area (Å²) in [7, 11) is 0. The normalized spacial score (nSPS) is 15.4. The topological polar surface area (TPSA) is 322 Å². The Morgan fingerprint density at radius 2 is 1.05 bits per heavy atom. The van der Waals surface area contributed by atoms with Crippen LogP contribution in [0.25, 0.3) is 0 Å². The van der Waals surface area contributed by atoms with E-state index in [2.05, 4.69) is 42.5 Å². The van der Waals surface area contributed by atoms with E-state index in [1.54, 1.807) is 41.5 Å². The third-order valence-corrected chi connectivity index (χ3v) is 9.34. The van der Waals surface area contributed by atoms with Gasteiger partial charge in [-0.05, 0) is 69.7 Å². The number of carboxylic acids is 1. The molecule has 20 heteroatoms. The maximum absolute atomic E-state index is 13.5. The van der Waals surface area contributed by atoms with Crippen LogP contribution in [0.3, 0.4) is 0 Å². The molecule has 0 aromatic heterocycles. The minimum Gasteiger partial charge on any atom is -0.480 e. The summed E-state index contributed by atoms with van der Waals surface area (Å²) >= 11 is 0. The van der Waals surface area contributed by atoms with Gasteiger partial charge in [0.15, 0.2) is 0 Å². The molecule has 0 spiro atoms. The van der Waals surface area contributed by atoms with E-state index in [1.807, 2.05) is 13.8 Å². The molecule has 0 aliphatic heterocycles. The fourth-order valence-electron chi connectivity index (χ4n) is 5.56. The molecule has 0 aliphatic rings. The molecule has 58 heavy (non-hydrogen) atoms. The summed E-state index contributed by atoms with van der Waals surface area (Å²) in [6, 6.07) is -7.73. The van der Waals surface area contributed by atoms with Crippen LogP contribution in [0.2, 0.25) is 0 Å². The fourth-order valence-corrected chi connectivity index (χ4v) is 5.56. The first kappa shape index (κ1) is 53.1. The molecule has 0 rings (SSSR count). The first-order valence-electron chi connectivity index (χ1n) is 20.0. The molecule has 13 N–H and O–H groups in total. The van der Waals surface area contributed by atoms with Crippen molar-refractivity contribution in [2.75, 3.05) is 19.6 Å². The van der Waals surface area contributed by atoms with Crippen LogP contribution in [-0.2, 0) is 43.2 Å². The molecule has 0 radical (unpaired) electrons. The van der Waals surface area contributed by atoms with E-state index in [-0.39, 0.29) is 18.9 Å². The van der Waals surface area contributed by atoms with E-state index in [9.17, 15) is 48.3 Å². The van der Waals surface area contributed by atoms with Crippen molar-refractivity contribution in [3.63, 3.8) is 0 Å². The molecule has 0 aromatic rings. The smallest absolute Gasteiger partial charge is 0.326 e. The Morgan fingerprint density at radius 1 is 0.534 bits per heavy atom. The van der Waals surface area contributed by atoms with Crippen LogP contribution in [-0.4, -0.2) is 120 Å². The molecule has 0 saturated heterocycles. The summed E-state index contributed by atoms with van der Waals surface area (Å²) in [6.07, 6.45) is 2.00. The highest BCUT2D eigenvalue weighted by atomic mass is 16.4. The minimum atomic E-state index is -1.22. The Kier molecular flexibility index (Phi) is 24.7. The molecule has 0 aromatic carbocycles.